The van der Waals surface area contributed by atoms with Gasteiger partial charge in [0.25, 0.3) is 0 Å². The minimum atomic E-state index is 0.950. The molecule has 0 fully saturated rings. The van der Waals surface area contributed by atoms with Gasteiger partial charge in [0.05, 0.1) is 11.4 Å². The van der Waals surface area contributed by atoms with Gasteiger partial charge in [-0.2, -0.15) is 5.10 Å². The SMILES string of the molecule is c1ccc2c(-c3ccn[nH]3)nccc2c1. The molecule has 0 bridgehead atoms. The van der Waals surface area contributed by atoms with Gasteiger partial charge in [0.2, 0.25) is 0 Å². The highest BCUT2D eigenvalue weighted by molar-refractivity contribution is 5.93. The molecule has 0 aliphatic rings. The van der Waals surface area contributed by atoms with Crippen LogP contribution in [0.25, 0.3) is 22.2 Å². The van der Waals surface area contributed by atoms with Crippen LogP contribution >= 0.6 is 0 Å². The highest BCUT2D eigenvalue weighted by Crippen LogP contribution is 2.23. The lowest BCUT2D eigenvalue weighted by atomic mass is 10.1. The number of hydrogen-bond donors (Lipinski definition) is 1. The molecule has 0 unspecified atom stereocenters. The minimum Gasteiger partial charge on any atom is -0.276 e. The molecule has 3 heteroatoms. The first-order valence-electron chi connectivity index (χ1n) is 4.78. The number of pyridine rings is 1. The lowest BCUT2D eigenvalue weighted by Crippen LogP contribution is -1.85. The molecule has 0 radical (unpaired) electrons. The maximum absolute atomic E-state index is 4.38. The standard InChI is InChI=1S/C12H9N3/c1-2-4-10-9(3-1)5-7-13-12(10)11-6-8-14-15-11/h1-8H,(H,14,15). The van der Waals surface area contributed by atoms with E-state index >= 15 is 0 Å². The Morgan fingerprint density at radius 3 is 2.73 bits per heavy atom. The van der Waals surface area contributed by atoms with Gasteiger partial charge in [0.1, 0.15) is 0 Å². The Kier molecular flexibility index (Phi) is 1.75. The Morgan fingerprint density at radius 1 is 0.933 bits per heavy atom. The average Bonchev–Trinajstić information content (AvgIpc) is 2.82. The van der Waals surface area contributed by atoms with Gasteiger partial charge < -0.3 is 0 Å². The van der Waals surface area contributed by atoms with Crippen LogP contribution in [0.5, 0.6) is 0 Å². The Bertz CT molecular complexity index is 579. The molecular formula is C12H9N3. The molecule has 2 aromatic heterocycles. The molecule has 72 valence electrons. The Hall–Kier alpha value is -2.16. The van der Waals surface area contributed by atoms with Crippen molar-refractivity contribution in [3.8, 4) is 11.4 Å². The molecule has 0 aliphatic heterocycles. The molecule has 0 saturated heterocycles. The summed E-state index contributed by atoms with van der Waals surface area (Å²) in [5.41, 5.74) is 1.90. The van der Waals surface area contributed by atoms with E-state index in [1.807, 2.05) is 30.5 Å². The van der Waals surface area contributed by atoms with Crippen LogP contribution in [0.1, 0.15) is 0 Å². The van der Waals surface area contributed by atoms with Gasteiger partial charge in [-0.15, -0.1) is 0 Å². The van der Waals surface area contributed by atoms with Crippen LogP contribution < -0.4 is 0 Å². The van der Waals surface area contributed by atoms with E-state index in [2.05, 4.69) is 27.3 Å². The fourth-order valence-electron chi connectivity index (χ4n) is 1.72. The number of benzene rings is 1. The second-order valence-electron chi connectivity index (χ2n) is 3.35. The number of nitrogens with zero attached hydrogens (tertiary/aromatic N) is 2. The van der Waals surface area contributed by atoms with Crippen LogP contribution in [-0.4, -0.2) is 15.2 Å². The number of fused-ring (bicyclic) bond motifs is 1. The summed E-state index contributed by atoms with van der Waals surface area (Å²) in [4.78, 5) is 4.38. The van der Waals surface area contributed by atoms with Crippen molar-refractivity contribution < 1.29 is 0 Å². The second-order valence-corrected chi connectivity index (χ2v) is 3.35. The van der Waals surface area contributed by atoms with Crippen LogP contribution in [0.3, 0.4) is 0 Å². The van der Waals surface area contributed by atoms with Crippen molar-refractivity contribution in [1.29, 1.82) is 0 Å². The topological polar surface area (TPSA) is 41.6 Å². The maximum atomic E-state index is 4.38. The van der Waals surface area contributed by atoms with Gasteiger partial charge in [0, 0.05) is 17.8 Å². The van der Waals surface area contributed by atoms with Crippen molar-refractivity contribution in [3.63, 3.8) is 0 Å². The summed E-state index contributed by atoms with van der Waals surface area (Å²) in [6.07, 6.45) is 3.55. The average molecular weight is 195 g/mol. The Balaban J connectivity index is 2.36. The van der Waals surface area contributed by atoms with Gasteiger partial charge in [-0.1, -0.05) is 24.3 Å². The number of aromatic amines is 1. The first-order chi connectivity index (χ1) is 7.45. The minimum absolute atomic E-state index is 0.950. The summed E-state index contributed by atoms with van der Waals surface area (Å²) in [6, 6.07) is 12.1. The zero-order valence-corrected chi connectivity index (χ0v) is 8.01. The number of hydrogen-bond acceptors (Lipinski definition) is 2. The van der Waals surface area contributed by atoms with Crippen molar-refractivity contribution in [3.05, 3.63) is 48.8 Å². The van der Waals surface area contributed by atoms with Crippen LogP contribution in [0, 0.1) is 0 Å². The third kappa shape index (κ3) is 1.29. The van der Waals surface area contributed by atoms with E-state index in [9.17, 15) is 0 Å². The predicted octanol–water partition coefficient (Wildman–Crippen LogP) is 2.62. The van der Waals surface area contributed by atoms with Gasteiger partial charge >= 0.3 is 0 Å². The summed E-state index contributed by atoms with van der Waals surface area (Å²) >= 11 is 0. The van der Waals surface area contributed by atoms with Crippen molar-refractivity contribution in [1.82, 2.24) is 15.2 Å². The van der Waals surface area contributed by atoms with Crippen molar-refractivity contribution in [2.24, 2.45) is 0 Å². The maximum Gasteiger partial charge on any atom is 0.0958 e. The third-order valence-electron chi connectivity index (χ3n) is 2.43. The molecule has 0 atom stereocenters. The fraction of sp³-hybridized carbons (Fsp3) is 0. The van der Waals surface area contributed by atoms with Crippen molar-refractivity contribution in [2.75, 3.05) is 0 Å². The van der Waals surface area contributed by atoms with Crippen LogP contribution in [-0.2, 0) is 0 Å². The van der Waals surface area contributed by atoms with E-state index in [4.69, 9.17) is 0 Å². The molecule has 3 nitrogen and oxygen atoms in total. The van der Waals surface area contributed by atoms with Crippen molar-refractivity contribution in [2.45, 2.75) is 0 Å². The van der Waals surface area contributed by atoms with E-state index in [0.29, 0.717) is 0 Å². The molecule has 0 spiro atoms. The molecule has 15 heavy (non-hydrogen) atoms. The Morgan fingerprint density at radius 2 is 1.87 bits per heavy atom. The molecule has 3 rings (SSSR count). The molecule has 0 aliphatic carbocycles. The molecular weight excluding hydrogens is 186 g/mol. The smallest absolute Gasteiger partial charge is 0.0958 e. The second kappa shape index (κ2) is 3.20. The van der Waals surface area contributed by atoms with Crippen LogP contribution in [0.15, 0.2) is 48.8 Å². The number of nitrogens with one attached hydrogen (secondary N) is 1. The first-order valence-corrected chi connectivity index (χ1v) is 4.78. The monoisotopic (exact) mass is 195 g/mol. The largest absolute Gasteiger partial charge is 0.276 e. The van der Waals surface area contributed by atoms with Gasteiger partial charge in [-0.25, -0.2) is 0 Å². The number of rotatable bonds is 1. The highest BCUT2D eigenvalue weighted by atomic mass is 15.1. The molecule has 3 aromatic rings. The van der Waals surface area contributed by atoms with E-state index in [1.165, 1.54) is 5.39 Å². The fourth-order valence-corrected chi connectivity index (χ4v) is 1.72. The molecule has 2 heterocycles. The lowest BCUT2D eigenvalue weighted by Gasteiger charge is -2.02. The lowest BCUT2D eigenvalue weighted by molar-refractivity contribution is 1.09. The molecule has 1 N–H and O–H groups in total. The summed E-state index contributed by atoms with van der Waals surface area (Å²) in [5, 5.41) is 9.21. The Labute approximate surface area is 86.8 Å². The summed E-state index contributed by atoms with van der Waals surface area (Å²) in [6.45, 7) is 0. The van der Waals surface area contributed by atoms with Gasteiger partial charge in [-0.3, -0.25) is 10.1 Å². The van der Waals surface area contributed by atoms with Gasteiger partial charge in [-0.05, 0) is 17.5 Å². The zero-order chi connectivity index (χ0) is 10.1. The van der Waals surface area contributed by atoms with E-state index < -0.39 is 0 Å². The quantitative estimate of drug-likeness (QED) is 0.648. The summed E-state index contributed by atoms with van der Waals surface area (Å²) in [7, 11) is 0. The van der Waals surface area contributed by atoms with E-state index in [0.717, 1.165) is 16.8 Å². The highest BCUT2D eigenvalue weighted by Gasteiger charge is 2.04. The first kappa shape index (κ1) is 8.17. The predicted molar refractivity (Wildman–Crippen MR) is 59.3 cm³/mol. The van der Waals surface area contributed by atoms with E-state index in [-0.39, 0.29) is 0 Å². The molecule has 1 aromatic carbocycles. The summed E-state index contributed by atoms with van der Waals surface area (Å²) < 4.78 is 0. The molecule has 0 saturated carbocycles. The van der Waals surface area contributed by atoms with E-state index in [1.54, 1.807) is 6.20 Å². The van der Waals surface area contributed by atoms with Crippen molar-refractivity contribution >= 4 is 10.8 Å². The van der Waals surface area contributed by atoms with Crippen LogP contribution in [0.4, 0.5) is 0 Å². The van der Waals surface area contributed by atoms with Crippen LogP contribution in [0.2, 0.25) is 0 Å². The number of H-pyrrole nitrogens is 1. The third-order valence-corrected chi connectivity index (χ3v) is 2.43. The summed E-state index contributed by atoms with van der Waals surface area (Å²) in [5.74, 6) is 0. The number of aromatic nitrogens is 3. The normalized spacial score (nSPS) is 10.7. The van der Waals surface area contributed by atoms with Gasteiger partial charge in [0.15, 0.2) is 0 Å². The zero-order valence-electron chi connectivity index (χ0n) is 8.01. The molecule has 0 amide bonds.